The number of hydrogen-bond acceptors (Lipinski definition) is 3. The Morgan fingerprint density at radius 3 is 3.29 bits per heavy atom. The zero-order valence-corrected chi connectivity index (χ0v) is 10.2. The van der Waals surface area contributed by atoms with Gasteiger partial charge in [-0.3, -0.25) is 0 Å². The van der Waals surface area contributed by atoms with Crippen molar-refractivity contribution in [1.29, 1.82) is 0 Å². The number of ether oxygens (including phenoxy) is 1. The highest BCUT2D eigenvalue weighted by Gasteiger charge is 2.16. The minimum absolute atomic E-state index is 0.430. The van der Waals surface area contributed by atoms with Crippen LogP contribution in [0.1, 0.15) is 24.0 Å². The van der Waals surface area contributed by atoms with E-state index in [0.717, 1.165) is 32.7 Å². The molecule has 1 unspecified atom stereocenters. The van der Waals surface area contributed by atoms with E-state index in [4.69, 9.17) is 4.74 Å². The van der Waals surface area contributed by atoms with Crippen LogP contribution in [0.4, 0.5) is 5.69 Å². The summed E-state index contributed by atoms with van der Waals surface area (Å²) < 4.78 is 5.61. The maximum atomic E-state index is 5.61. The highest BCUT2D eigenvalue weighted by molar-refractivity contribution is 5.61. The molecular weight excluding hydrogens is 212 g/mol. The molecule has 0 aliphatic carbocycles. The molecule has 17 heavy (non-hydrogen) atoms. The summed E-state index contributed by atoms with van der Waals surface area (Å²) in [6.45, 7) is 3.94. The molecule has 2 aliphatic rings. The Morgan fingerprint density at radius 1 is 1.41 bits per heavy atom. The van der Waals surface area contributed by atoms with Crippen molar-refractivity contribution < 1.29 is 4.74 Å². The van der Waals surface area contributed by atoms with Crippen LogP contribution in [0.5, 0.6) is 0 Å². The minimum atomic E-state index is 0.430. The summed E-state index contributed by atoms with van der Waals surface area (Å²) in [4.78, 5) is 0. The molecule has 0 bridgehead atoms. The Bertz CT molecular complexity index is 386. The lowest BCUT2D eigenvalue weighted by Crippen LogP contribution is -2.26. The summed E-state index contributed by atoms with van der Waals surface area (Å²) in [6.07, 6.45) is 4.02. The first kappa shape index (κ1) is 11.1. The fraction of sp³-hybridized carbons (Fsp3) is 0.571. The third-order valence-electron chi connectivity index (χ3n) is 3.64. The zero-order valence-electron chi connectivity index (χ0n) is 10.2. The minimum Gasteiger partial charge on any atom is -0.384 e. The molecule has 1 fully saturated rings. The number of rotatable bonds is 4. The molecule has 1 saturated heterocycles. The van der Waals surface area contributed by atoms with Gasteiger partial charge in [0.15, 0.2) is 0 Å². The summed E-state index contributed by atoms with van der Waals surface area (Å²) in [5.41, 5.74) is 4.20. The van der Waals surface area contributed by atoms with Gasteiger partial charge in [-0.1, -0.05) is 18.2 Å². The van der Waals surface area contributed by atoms with Crippen molar-refractivity contribution in [2.24, 2.45) is 0 Å². The van der Waals surface area contributed by atoms with Gasteiger partial charge in [0.05, 0.1) is 6.10 Å². The molecule has 2 heterocycles. The van der Waals surface area contributed by atoms with E-state index >= 15 is 0 Å². The number of benzene rings is 1. The number of fused-ring (bicyclic) bond motifs is 1. The summed E-state index contributed by atoms with van der Waals surface area (Å²) in [5, 5.41) is 6.98. The molecule has 3 rings (SSSR count). The van der Waals surface area contributed by atoms with E-state index in [1.807, 2.05) is 0 Å². The van der Waals surface area contributed by atoms with Gasteiger partial charge in [-0.05, 0) is 30.4 Å². The van der Waals surface area contributed by atoms with Crippen LogP contribution in [0.2, 0.25) is 0 Å². The smallest absolute Gasteiger partial charge is 0.0700 e. The number of nitrogens with one attached hydrogen (secondary N) is 2. The number of anilines is 1. The fourth-order valence-electron chi connectivity index (χ4n) is 2.73. The molecule has 0 saturated carbocycles. The molecule has 92 valence electrons. The van der Waals surface area contributed by atoms with Crippen LogP contribution < -0.4 is 10.6 Å². The Labute approximate surface area is 103 Å². The molecule has 0 amide bonds. The number of hydrogen-bond donors (Lipinski definition) is 2. The van der Waals surface area contributed by atoms with Crippen LogP contribution in [0.15, 0.2) is 18.2 Å². The van der Waals surface area contributed by atoms with Crippen LogP contribution in [0, 0.1) is 0 Å². The molecule has 2 N–H and O–H groups in total. The first-order valence-electron chi connectivity index (χ1n) is 6.60. The van der Waals surface area contributed by atoms with Gasteiger partial charge in [0, 0.05) is 31.9 Å². The lowest BCUT2D eigenvalue weighted by atomic mass is 10.1. The third kappa shape index (κ3) is 2.45. The molecule has 2 aliphatic heterocycles. The van der Waals surface area contributed by atoms with Crippen LogP contribution in [-0.4, -0.2) is 25.8 Å². The Morgan fingerprint density at radius 2 is 2.41 bits per heavy atom. The maximum Gasteiger partial charge on any atom is 0.0700 e. The van der Waals surface area contributed by atoms with Crippen molar-refractivity contribution in [3.8, 4) is 0 Å². The van der Waals surface area contributed by atoms with Crippen molar-refractivity contribution in [2.45, 2.75) is 31.9 Å². The van der Waals surface area contributed by atoms with Gasteiger partial charge in [-0.25, -0.2) is 0 Å². The van der Waals surface area contributed by atoms with Crippen LogP contribution in [0.3, 0.4) is 0 Å². The van der Waals surface area contributed by atoms with E-state index in [1.165, 1.54) is 29.7 Å². The monoisotopic (exact) mass is 232 g/mol. The van der Waals surface area contributed by atoms with Gasteiger partial charge < -0.3 is 15.4 Å². The largest absolute Gasteiger partial charge is 0.384 e. The predicted octanol–water partition coefficient (Wildman–Crippen LogP) is 1.92. The third-order valence-corrected chi connectivity index (χ3v) is 3.64. The van der Waals surface area contributed by atoms with Crippen LogP contribution in [-0.2, 0) is 17.7 Å². The van der Waals surface area contributed by atoms with Crippen molar-refractivity contribution in [2.75, 3.05) is 25.0 Å². The van der Waals surface area contributed by atoms with Gasteiger partial charge in [0.2, 0.25) is 0 Å². The first-order chi connectivity index (χ1) is 8.43. The number of para-hydroxylation sites is 1. The first-order valence-corrected chi connectivity index (χ1v) is 6.60. The second-order valence-electron chi connectivity index (χ2n) is 4.89. The van der Waals surface area contributed by atoms with Gasteiger partial charge in [-0.15, -0.1) is 0 Å². The lowest BCUT2D eigenvalue weighted by Gasteiger charge is -2.13. The SMILES string of the molecule is c1cc2c(c(CNCC3CCCO3)c1)NCC2. The molecule has 1 aromatic rings. The summed E-state index contributed by atoms with van der Waals surface area (Å²) in [7, 11) is 0. The van der Waals surface area contributed by atoms with Crippen molar-refractivity contribution in [1.82, 2.24) is 5.32 Å². The van der Waals surface area contributed by atoms with E-state index < -0.39 is 0 Å². The fourth-order valence-corrected chi connectivity index (χ4v) is 2.73. The Hall–Kier alpha value is -1.06. The standard InChI is InChI=1S/C14H20N2O/c1-3-11-6-7-16-14(11)12(4-1)9-15-10-13-5-2-8-17-13/h1,3-4,13,15-16H,2,5-10H2. The maximum absolute atomic E-state index is 5.61. The lowest BCUT2D eigenvalue weighted by molar-refractivity contribution is 0.110. The van der Waals surface area contributed by atoms with Crippen LogP contribution >= 0.6 is 0 Å². The van der Waals surface area contributed by atoms with Crippen molar-refractivity contribution in [3.05, 3.63) is 29.3 Å². The molecule has 1 aromatic carbocycles. The summed E-state index contributed by atoms with van der Waals surface area (Å²) in [5.74, 6) is 0. The molecule has 1 atom stereocenters. The second-order valence-corrected chi connectivity index (χ2v) is 4.89. The average Bonchev–Trinajstić information content (AvgIpc) is 2.99. The van der Waals surface area contributed by atoms with Crippen molar-refractivity contribution >= 4 is 5.69 Å². The predicted molar refractivity (Wildman–Crippen MR) is 69.3 cm³/mol. The topological polar surface area (TPSA) is 33.3 Å². The van der Waals surface area contributed by atoms with Gasteiger partial charge >= 0.3 is 0 Å². The molecule has 0 spiro atoms. The quantitative estimate of drug-likeness (QED) is 0.832. The summed E-state index contributed by atoms with van der Waals surface area (Å²) >= 11 is 0. The Kier molecular flexibility index (Phi) is 3.29. The second kappa shape index (κ2) is 5.07. The van der Waals surface area contributed by atoms with E-state index in [-0.39, 0.29) is 0 Å². The highest BCUT2D eigenvalue weighted by atomic mass is 16.5. The van der Waals surface area contributed by atoms with E-state index in [0.29, 0.717) is 6.10 Å². The van der Waals surface area contributed by atoms with Crippen molar-refractivity contribution in [3.63, 3.8) is 0 Å². The van der Waals surface area contributed by atoms with Gasteiger partial charge in [-0.2, -0.15) is 0 Å². The normalized spacial score (nSPS) is 22.5. The Balaban J connectivity index is 1.56. The average molecular weight is 232 g/mol. The molecular formula is C14H20N2O. The van der Waals surface area contributed by atoms with Gasteiger partial charge in [0.1, 0.15) is 0 Å². The zero-order chi connectivity index (χ0) is 11.5. The molecule has 0 aromatic heterocycles. The molecule has 3 heteroatoms. The van der Waals surface area contributed by atoms with E-state index in [1.54, 1.807) is 0 Å². The van der Waals surface area contributed by atoms with E-state index in [2.05, 4.69) is 28.8 Å². The molecule has 3 nitrogen and oxygen atoms in total. The summed E-state index contributed by atoms with van der Waals surface area (Å²) in [6, 6.07) is 6.59. The van der Waals surface area contributed by atoms with E-state index in [9.17, 15) is 0 Å². The molecule has 0 radical (unpaired) electrons. The van der Waals surface area contributed by atoms with Gasteiger partial charge in [0.25, 0.3) is 0 Å². The van der Waals surface area contributed by atoms with Crippen LogP contribution in [0.25, 0.3) is 0 Å². The highest BCUT2D eigenvalue weighted by Crippen LogP contribution is 2.26.